The molecule has 0 heterocycles. The number of hydrogen-bond donors (Lipinski definition) is 1. The summed E-state index contributed by atoms with van der Waals surface area (Å²) in [5.41, 5.74) is 0.368. The number of rotatable bonds is 1. The van der Waals surface area contributed by atoms with Crippen LogP contribution in [0, 0.1) is 0 Å². The molecule has 1 aliphatic rings. The Morgan fingerprint density at radius 1 is 1.58 bits per heavy atom. The highest BCUT2D eigenvalue weighted by atomic mass is 35.5. The van der Waals surface area contributed by atoms with Crippen LogP contribution in [0.15, 0.2) is 35.0 Å². The van der Waals surface area contributed by atoms with Gasteiger partial charge in [0, 0.05) is 23.9 Å². The maximum absolute atomic E-state index is 11.1. The van der Waals surface area contributed by atoms with Gasteiger partial charge in [-0.2, -0.15) is 0 Å². The molecule has 1 rings (SSSR count). The fraction of sp³-hybridized carbons (Fsp3) is 0.125. The number of allylic oxidation sites excluding steroid dienone is 5. The van der Waals surface area contributed by atoms with Crippen LogP contribution in [0.1, 0.15) is 0 Å². The zero-order valence-corrected chi connectivity index (χ0v) is 7.25. The molecule has 3 nitrogen and oxygen atoms in total. The highest BCUT2D eigenvalue weighted by molar-refractivity contribution is 6.33. The van der Waals surface area contributed by atoms with Crippen LogP contribution in [0.5, 0.6) is 0 Å². The standard InChI is InChI=1S/C8H8ClNO2/c1-10(12)5-6-4-7(9)2-3-8(6)11/h2-5,12H,1H3/b6-5-. The van der Waals surface area contributed by atoms with Crippen molar-refractivity contribution < 1.29 is 10.0 Å². The highest BCUT2D eigenvalue weighted by Crippen LogP contribution is 2.15. The first-order chi connectivity index (χ1) is 5.59. The first kappa shape index (κ1) is 9.03. The minimum atomic E-state index is -0.166. The number of hydrogen-bond acceptors (Lipinski definition) is 3. The molecule has 64 valence electrons. The van der Waals surface area contributed by atoms with Crippen LogP contribution >= 0.6 is 11.6 Å². The Kier molecular flexibility index (Phi) is 2.68. The molecule has 12 heavy (non-hydrogen) atoms. The zero-order valence-electron chi connectivity index (χ0n) is 6.49. The van der Waals surface area contributed by atoms with Crippen LogP contribution in [0.3, 0.4) is 0 Å². The van der Waals surface area contributed by atoms with E-state index in [0.29, 0.717) is 10.6 Å². The van der Waals surface area contributed by atoms with E-state index in [4.69, 9.17) is 16.8 Å². The average Bonchev–Trinajstić information content (AvgIpc) is 1.96. The SMILES string of the molecule is CN(O)/C=C1/C=C(Cl)C=CC1=O. The van der Waals surface area contributed by atoms with Crippen molar-refractivity contribution in [2.24, 2.45) is 0 Å². The summed E-state index contributed by atoms with van der Waals surface area (Å²) in [7, 11) is 1.42. The summed E-state index contributed by atoms with van der Waals surface area (Å²) >= 11 is 5.64. The van der Waals surface area contributed by atoms with Gasteiger partial charge in [0.1, 0.15) is 0 Å². The molecule has 0 spiro atoms. The molecule has 1 aliphatic carbocycles. The summed E-state index contributed by atoms with van der Waals surface area (Å²) in [6.45, 7) is 0. The minimum Gasteiger partial charge on any atom is -0.289 e. The van der Waals surface area contributed by atoms with Gasteiger partial charge in [0.25, 0.3) is 0 Å². The minimum absolute atomic E-state index is 0.166. The fourth-order valence-electron chi connectivity index (χ4n) is 0.821. The van der Waals surface area contributed by atoms with Gasteiger partial charge in [0.05, 0.1) is 0 Å². The van der Waals surface area contributed by atoms with E-state index < -0.39 is 0 Å². The maximum atomic E-state index is 11.1. The molecule has 0 aromatic rings. The summed E-state index contributed by atoms with van der Waals surface area (Å²) < 4.78 is 0. The summed E-state index contributed by atoms with van der Waals surface area (Å²) in [6, 6.07) is 0. The Hall–Kier alpha value is -1.06. The van der Waals surface area contributed by atoms with Crippen molar-refractivity contribution in [1.29, 1.82) is 0 Å². The Labute approximate surface area is 75.2 Å². The molecule has 0 aliphatic heterocycles. The Morgan fingerprint density at radius 2 is 2.25 bits per heavy atom. The van der Waals surface area contributed by atoms with E-state index in [9.17, 15) is 4.79 Å². The summed E-state index contributed by atoms with van der Waals surface area (Å²) in [6.07, 6.45) is 5.67. The Balaban J connectivity index is 2.92. The van der Waals surface area contributed by atoms with Gasteiger partial charge in [-0.25, -0.2) is 0 Å². The lowest BCUT2D eigenvalue weighted by atomic mass is 10.1. The van der Waals surface area contributed by atoms with Crippen molar-refractivity contribution in [1.82, 2.24) is 5.06 Å². The molecule has 0 atom stereocenters. The van der Waals surface area contributed by atoms with E-state index in [-0.39, 0.29) is 5.78 Å². The van der Waals surface area contributed by atoms with Crippen LogP contribution in [-0.4, -0.2) is 23.1 Å². The lowest BCUT2D eigenvalue weighted by molar-refractivity contribution is -0.111. The predicted octanol–water partition coefficient (Wildman–Crippen LogP) is 1.45. The van der Waals surface area contributed by atoms with Crippen molar-refractivity contribution in [2.75, 3.05) is 7.05 Å². The highest BCUT2D eigenvalue weighted by Gasteiger charge is 2.08. The number of carbonyl (C=O) groups is 1. The van der Waals surface area contributed by atoms with E-state index in [2.05, 4.69) is 0 Å². The molecule has 0 unspecified atom stereocenters. The van der Waals surface area contributed by atoms with E-state index in [1.165, 1.54) is 31.5 Å². The van der Waals surface area contributed by atoms with Gasteiger partial charge >= 0.3 is 0 Å². The molecular formula is C8H8ClNO2. The molecule has 4 heteroatoms. The van der Waals surface area contributed by atoms with Crippen LogP contribution < -0.4 is 0 Å². The number of nitrogens with zero attached hydrogens (tertiary/aromatic N) is 1. The fourth-order valence-corrected chi connectivity index (χ4v) is 1.00. The molecular weight excluding hydrogens is 178 g/mol. The third-order valence-corrected chi connectivity index (χ3v) is 1.53. The monoisotopic (exact) mass is 185 g/mol. The van der Waals surface area contributed by atoms with Crippen LogP contribution in [0.2, 0.25) is 0 Å². The second kappa shape index (κ2) is 3.56. The number of ketones is 1. The van der Waals surface area contributed by atoms with Gasteiger partial charge in [-0.3, -0.25) is 15.1 Å². The Bertz CT molecular complexity index is 289. The number of carbonyl (C=O) groups excluding carboxylic acids is 1. The largest absolute Gasteiger partial charge is 0.289 e. The molecule has 0 saturated heterocycles. The predicted molar refractivity (Wildman–Crippen MR) is 45.7 cm³/mol. The third kappa shape index (κ3) is 2.22. The van der Waals surface area contributed by atoms with E-state index in [1.807, 2.05) is 0 Å². The third-order valence-electron chi connectivity index (χ3n) is 1.30. The van der Waals surface area contributed by atoms with Crippen LogP contribution in [-0.2, 0) is 4.79 Å². The van der Waals surface area contributed by atoms with Crippen molar-refractivity contribution in [2.45, 2.75) is 0 Å². The van der Waals surface area contributed by atoms with Crippen molar-refractivity contribution in [3.8, 4) is 0 Å². The molecule has 0 saturated carbocycles. The van der Waals surface area contributed by atoms with E-state index >= 15 is 0 Å². The van der Waals surface area contributed by atoms with Crippen LogP contribution in [0.4, 0.5) is 0 Å². The molecule has 0 fully saturated rings. The maximum Gasteiger partial charge on any atom is 0.187 e. The van der Waals surface area contributed by atoms with Gasteiger partial charge < -0.3 is 0 Å². The molecule has 0 radical (unpaired) electrons. The quantitative estimate of drug-likeness (QED) is 0.497. The first-order valence-electron chi connectivity index (χ1n) is 3.33. The summed E-state index contributed by atoms with van der Waals surface area (Å²) in [4.78, 5) is 11.1. The molecule has 1 N–H and O–H groups in total. The summed E-state index contributed by atoms with van der Waals surface area (Å²) in [5, 5.41) is 10.1. The lowest BCUT2D eigenvalue weighted by Gasteiger charge is -2.07. The molecule has 0 aromatic heterocycles. The normalized spacial score (nSPS) is 19.8. The van der Waals surface area contributed by atoms with Gasteiger partial charge in [0.15, 0.2) is 5.78 Å². The summed E-state index contributed by atoms with van der Waals surface area (Å²) in [5.74, 6) is -0.166. The van der Waals surface area contributed by atoms with Gasteiger partial charge in [-0.15, -0.1) is 0 Å². The molecule has 0 aromatic carbocycles. The second-order valence-corrected chi connectivity index (χ2v) is 2.82. The van der Waals surface area contributed by atoms with Crippen molar-refractivity contribution >= 4 is 17.4 Å². The van der Waals surface area contributed by atoms with E-state index in [1.54, 1.807) is 0 Å². The zero-order chi connectivity index (χ0) is 9.14. The van der Waals surface area contributed by atoms with Crippen LogP contribution in [0.25, 0.3) is 0 Å². The lowest BCUT2D eigenvalue weighted by Crippen LogP contribution is -2.08. The van der Waals surface area contributed by atoms with Gasteiger partial charge in [-0.05, 0) is 18.2 Å². The van der Waals surface area contributed by atoms with Gasteiger partial charge in [0.2, 0.25) is 0 Å². The Morgan fingerprint density at radius 3 is 2.83 bits per heavy atom. The molecule has 0 amide bonds. The topological polar surface area (TPSA) is 40.5 Å². The van der Waals surface area contributed by atoms with Gasteiger partial charge in [-0.1, -0.05) is 11.6 Å². The average molecular weight is 186 g/mol. The van der Waals surface area contributed by atoms with Crippen molar-refractivity contribution in [3.63, 3.8) is 0 Å². The second-order valence-electron chi connectivity index (χ2n) is 2.38. The first-order valence-corrected chi connectivity index (χ1v) is 3.70. The number of hydroxylamine groups is 2. The van der Waals surface area contributed by atoms with E-state index in [0.717, 1.165) is 5.06 Å². The number of halogens is 1. The molecule has 0 bridgehead atoms. The van der Waals surface area contributed by atoms with Crippen molar-refractivity contribution in [3.05, 3.63) is 35.0 Å². The smallest absolute Gasteiger partial charge is 0.187 e.